The van der Waals surface area contributed by atoms with Crippen LogP contribution in [0.25, 0.3) is 0 Å². The zero-order chi connectivity index (χ0) is 18.2. The number of thiocarbonyl (C=S) groups is 1. The molecule has 0 aliphatic heterocycles. The van der Waals surface area contributed by atoms with E-state index in [1.165, 1.54) is 0 Å². The number of rotatable bonds is 4. The lowest BCUT2D eigenvalue weighted by molar-refractivity contribution is -0.121. The minimum atomic E-state index is -0.457. The Morgan fingerprint density at radius 1 is 1.04 bits per heavy atom. The second kappa shape index (κ2) is 9.36. The number of halogens is 2. The van der Waals surface area contributed by atoms with E-state index in [1.54, 1.807) is 48.5 Å². The van der Waals surface area contributed by atoms with Gasteiger partial charge in [0.2, 0.25) is 0 Å². The third-order valence-electron chi connectivity index (χ3n) is 2.83. The molecule has 2 aromatic carbocycles. The van der Waals surface area contributed by atoms with Crippen LogP contribution in [0.4, 0.5) is 0 Å². The number of carbonyl (C=O) groups excluding carboxylic acids is 2. The zero-order valence-electron chi connectivity index (χ0n) is 12.7. The van der Waals surface area contributed by atoms with E-state index in [0.29, 0.717) is 16.3 Å². The Balaban J connectivity index is 1.72. The van der Waals surface area contributed by atoms with Gasteiger partial charge >= 0.3 is 0 Å². The summed E-state index contributed by atoms with van der Waals surface area (Å²) in [7, 11) is 0. The SMILES string of the molecule is O=C(COc1ccc(Br)cc1)NC(=S)NNC(=O)c1ccc(Cl)cc1. The molecule has 0 bridgehead atoms. The lowest BCUT2D eigenvalue weighted by Crippen LogP contribution is -2.49. The second-order valence-corrected chi connectivity index (χ2v) is 6.47. The van der Waals surface area contributed by atoms with Gasteiger partial charge in [0.05, 0.1) is 0 Å². The quantitative estimate of drug-likeness (QED) is 0.501. The van der Waals surface area contributed by atoms with Gasteiger partial charge in [-0.25, -0.2) is 0 Å². The number of hydrogen-bond donors (Lipinski definition) is 3. The number of nitrogens with one attached hydrogen (secondary N) is 3. The molecule has 0 aliphatic carbocycles. The number of benzene rings is 2. The average molecular weight is 443 g/mol. The van der Waals surface area contributed by atoms with Crippen molar-refractivity contribution in [1.82, 2.24) is 16.2 Å². The van der Waals surface area contributed by atoms with Gasteiger partial charge in [0, 0.05) is 15.1 Å². The maximum Gasteiger partial charge on any atom is 0.269 e. The summed E-state index contributed by atoms with van der Waals surface area (Å²) in [5, 5.41) is 2.87. The molecule has 6 nitrogen and oxygen atoms in total. The molecule has 0 aromatic heterocycles. The van der Waals surface area contributed by atoms with Crippen LogP contribution < -0.4 is 20.9 Å². The van der Waals surface area contributed by atoms with Crippen LogP contribution in [0.2, 0.25) is 5.02 Å². The van der Waals surface area contributed by atoms with Gasteiger partial charge in [-0.15, -0.1) is 0 Å². The molecule has 2 amide bonds. The van der Waals surface area contributed by atoms with Gasteiger partial charge in [-0.05, 0) is 60.7 Å². The van der Waals surface area contributed by atoms with Crippen molar-refractivity contribution in [2.75, 3.05) is 6.61 Å². The maximum atomic E-state index is 11.9. The van der Waals surface area contributed by atoms with Crippen LogP contribution in [0, 0.1) is 0 Å². The fourth-order valence-electron chi connectivity index (χ4n) is 1.66. The van der Waals surface area contributed by atoms with Crippen molar-refractivity contribution < 1.29 is 14.3 Å². The lowest BCUT2D eigenvalue weighted by atomic mass is 10.2. The maximum absolute atomic E-state index is 11.9. The number of carbonyl (C=O) groups is 2. The first-order valence-electron chi connectivity index (χ1n) is 6.98. The molecule has 0 saturated heterocycles. The minimum Gasteiger partial charge on any atom is -0.484 e. The Labute approximate surface area is 163 Å². The summed E-state index contributed by atoms with van der Waals surface area (Å²) in [6.45, 7) is -0.214. The second-order valence-electron chi connectivity index (χ2n) is 4.71. The molecular formula is C16H13BrClN3O3S. The summed E-state index contributed by atoms with van der Waals surface area (Å²) in [5.74, 6) is -0.325. The van der Waals surface area contributed by atoms with E-state index in [1.807, 2.05) is 0 Å². The number of hydrazine groups is 1. The van der Waals surface area contributed by atoms with E-state index >= 15 is 0 Å². The Morgan fingerprint density at radius 3 is 2.32 bits per heavy atom. The summed E-state index contributed by atoms with van der Waals surface area (Å²) in [6.07, 6.45) is 0. The Morgan fingerprint density at radius 2 is 1.68 bits per heavy atom. The molecule has 0 spiro atoms. The zero-order valence-corrected chi connectivity index (χ0v) is 15.9. The highest BCUT2D eigenvalue weighted by atomic mass is 79.9. The standard InChI is InChI=1S/C16H13BrClN3O3S/c17-11-3-7-13(8-4-11)24-9-14(22)19-16(25)21-20-15(23)10-1-5-12(18)6-2-10/h1-8H,9H2,(H,20,23)(H2,19,21,22,25). The minimum absolute atomic E-state index is 0.0493. The van der Waals surface area contributed by atoms with Gasteiger partial charge in [0.1, 0.15) is 5.75 Å². The van der Waals surface area contributed by atoms with Crippen molar-refractivity contribution in [3.05, 3.63) is 63.6 Å². The summed E-state index contributed by atoms with van der Waals surface area (Å²) >= 11 is 14.0. The van der Waals surface area contributed by atoms with Crippen molar-refractivity contribution in [2.24, 2.45) is 0 Å². The topological polar surface area (TPSA) is 79.5 Å². The molecule has 0 radical (unpaired) electrons. The monoisotopic (exact) mass is 441 g/mol. The van der Waals surface area contributed by atoms with Crippen LogP contribution in [0.5, 0.6) is 5.75 Å². The largest absolute Gasteiger partial charge is 0.484 e. The van der Waals surface area contributed by atoms with Crippen molar-refractivity contribution >= 4 is 56.7 Å². The third-order valence-corrected chi connectivity index (χ3v) is 3.82. The molecule has 25 heavy (non-hydrogen) atoms. The highest BCUT2D eigenvalue weighted by molar-refractivity contribution is 9.10. The van der Waals surface area contributed by atoms with Crippen molar-refractivity contribution in [1.29, 1.82) is 0 Å². The van der Waals surface area contributed by atoms with Crippen molar-refractivity contribution in [3.8, 4) is 5.75 Å². The Hall–Kier alpha value is -2.16. The van der Waals surface area contributed by atoms with Gasteiger partial charge in [0.25, 0.3) is 11.8 Å². The van der Waals surface area contributed by atoms with Gasteiger partial charge in [-0.3, -0.25) is 25.8 Å². The molecule has 0 heterocycles. The fraction of sp³-hybridized carbons (Fsp3) is 0.0625. The molecule has 0 aliphatic rings. The molecule has 2 rings (SSSR count). The molecule has 130 valence electrons. The predicted octanol–water partition coefficient (Wildman–Crippen LogP) is 2.82. The highest BCUT2D eigenvalue weighted by Crippen LogP contribution is 2.15. The summed E-state index contributed by atoms with van der Waals surface area (Å²) in [4.78, 5) is 23.6. The van der Waals surface area contributed by atoms with Crippen molar-refractivity contribution in [3.63, 3.8) is 0 Å². The molecule has 9 heteroatoms. The van der Waals surface area contributed by atoms with Crippen LogP contribution in [0.15, 0.2) is 53.0 Å². The first-order valence-corrected chi connectivity index (χ1v) is 8.56. The molecule has 3 N–H and O–H groups in total. The number of hydrogen-bond acceptors (Lipinski definition) is 4. The fourth-order valence-corrected chi connectivity index (χ4v) is 2.22. The summed E-state index contributed by atoms with van der Waals surface area (Å²) < 4.78 is 6.22. The van der Waals surface area contributed by atoms with E-state index in [0.717, 1.165) is 4.47 Å². The van der Waals surface area contributed by atoms with E-state index < -0.39 is 11.8 Å². The van der Waals surface area contributed by atoms with E-state index in [4.69, 9.17) is 28.6 Å². The van der Waals surface area contributed by atoms with Gasteiger partial charge in [0.15, 0.2) is 11.7 Å². The third kappa shape index (κ3) is 6.69. The van der Waals surface area contributed by atoms with Crippen LogP contribution in [0.1, 0.15) is 10.4 Å². The van der Waals surface area contributed by atoms with E-state index in [2.05, 4.69) is 32.1 Å². The van der Waals surface area contributed by atoms with Gasteiger partial charge < -0.3 is 4.74 Å². The molecular weight excluding hydrogens is 430 g/mol. The first-order chi connectivity index (χ1) is 11.9. The van der Waals surface area contributed by atoms with Gasteiger partial charge in [-0.2, -0.15) is 0 Å². The lowest BCUT2D eigenvalue weighted by Gasteiger charge is -2.11. The van der Waals surface area contributed by atoms with Crippen LogP contribution in [-0.4, -0.2) is 23.5 Å². The molecule has 2 aromatic rings. The van der Waals surface area contributed by atoms with Crippen LogP contribution in [0.3, 0.4) is 0 Å². The first kappa shape index (κ1) is 19.2. The molecule has 0 unspecified atom stereocenters. The smallest absolute Gasteiger partial charge is 0.269 e. The summed E-state index contributed by atoms with van der Waals surface area (Å²) in [5.41, 5.74) is 5.20. The van der Waals surface area contributed by atoms with E-state index in [9.17, 15) is 9.59 Å². The average Bonchev–Trinajstić information content (AvgIpc) is 2.60. The van der Waals surface area contributed by atoms with Gasteiger partial charge in [-0.1, -0.05) is 27.5 Å². The number of amides is 2. The summed E-state index contributed by atoms with van der Waals surface area (Å²) in [6, 6.07) is 13.4. The Kier molecular flexibility index (Phi) is 7.17. The van der Waals surface area contributed by atoms with E-state index in [-0.39, 0.29) is 11.7 Å². The van der Waals surface area contributed by atoms with Crippen molar-refractivity contribution in [2.45, 2.75) is 0 Å². The molecule has 0 saturated carbocycles. The molecule has 0 fully saturated rings. The molecule has 0 atom stereocenters. The Bertz CT molecular complexity index is 769. The van der Waals surface area contributed by atoms with Crippen LogP contribution >= 0.6 is 39.7 Å². The number of ether oxygens (including phenoxy) is 1. The highest BCUT2D eigenvalue weighted by Gasteiger charge is 2.08. The van der Waals surface area contributed by atoms with Crippen LogP contribution in [-0.2, 0) is 4.79 Å². The predicted molar refractivity (Wildman–Crippen MR) is 102 cm³/mol. The normalized spacial score (nSPS) is 9.84.